The molecule has 0 fully saturated rings. The van der Waals surface area contributed by atoms with Crippen molar-refractivity contribution in [2.45, 2.75) is 12.8 Å². The summed E-state index contributed by atoms with van der Waals surface area (Å²) in [4.78, 5) is 41.6. The van der Waals surface area contributed by atoms with Gasteiger partial charge in [-0.15, -0.1) is 0 Å². The molecule has 0 aliphatic carbocycles. The monoisotopic (exact) mass is 479 g/mol. The zero-order chi connectivity index (χ0) is 24.7. The van der Waals surface area contributed by atoms with Crippen LogP contribution in [-0.2, 0) is 9.59 Å². The van der Waals surface area contributed by atoms with Gasteiger partial charge in [0.05, 0.1) is 30.2 Å². The van der Waals surface area contributed by atoms with Crippen molar-refractivity contribution in [3.8, 4) is 11.3 Å². The van der Waals surface area contributed by atoms with Crippen molar-refractivity contribution in [3.63, 3.8) is 0 Å². The summed E-state index contributed by atoms with van der Waals surface area (Å²) in [6.07, 6.45) is 8.09. The smallest absolute Gasteiger partial charge is 0.249 e. The predicted molar refractivity (Wildman–Crippen MR) is 137 cm³/mol. The van der Waals surface area contributed by atoms with Gasteiger partial charge >= 0.3 is 0 Å². The van der Waals surface area contributed by atoms with E-state index in [-0.39, 0.29) is 17.7 Å². The number of amides is 2. The van der Waals surface area contributed by atoms with Crippen molar-refractivity contribution >= 4 is 39.1 Å². The first kappa shape index (κ1) is 25.0. The molecule has 1 aromatic carbocycles. The number of carbonyl (C=O) groups excluding carboxylic acids is 2. The van der Waals surface area contributed by atoms with E-state index in [2.05, 4.69) is 25.6 Å². The van der Waals surface area contributed by atoms with E-state index in [1.165, 1.54) is 23.6 Å². The molecule has 3 rings (SSSR count). The van der Waals surface area contributed by atoms with Crippen molar-refractivity contribution in [1.82, 2.24) is 19.9 Å². The van der Waals surface area contributed by atoms with Crippen LogP contribution in [0.25, 0.3) is 11.3 Å². The molecule has 0 bridgehead atoms. The first-order chi connectivity index (χ1) is 16.2. The largest absolute Gasteiger partial charge is 0.368 e. The van der Waals surface area contributed by atoms with Gasteiger partial charge in [-0.3, -0.25) is 14.6 Å². The normalized spacial score (nSPS) is 12.1. The Kier molecular flexibility index (Phi) is 8.44. The molecule has 0 saturated carbocycles. The maximum Gasteiger partial charge on any atom is 0.249 e. The Balaban J connectivity index is 1.65. The minimum absolute atomic E-state index is 0.136. The van der Waals surface area contributed by atoms with Crippen LogP contribution in [0, 0.1) is 0 Å². The summed E-state index contributed by atoms with van der Waals surface area (Å²) in [5.41, 5.74) is 2.33. The molecule has 0 radical (unpaired) electrons. The molecule has 9 nitrogen and oxygen atoms in total. The summed E-state index contributed by atoms with van der Waals surface area (Å²) in [5, 5.41) is 7.11. The number of carbonyl (C=O) groups is 2. The molecule has 0 aliphatic heterocycles. The number of hydrogen-bond donors (Lipinski definition) is 2. The third-order valence-corrected chi connectivity index (χ3v) is 5.96. The molecule has 0 spiro atoms. The molecule has 34 heavy (non-hydrogen) atoms. The molecule has 1 unspecified atom stereocenters. The SMILES string of the molecule is CC(C(=O)Nc1ncc(N(C)C)s1)c1cccc(-c2cnc(NC(=O)/C=C/CN(C)C)cn2)c1. The topological polar surface area (TPSA) is 103 Å². The van der Waals surface area contributed by atoms with Crippen molar-refractivity contribution in [3.05, 3.63) is 60.6 Å². The summed E-state index contributed by atoms with van der Waals surface area (Å²) < 4.78 is 0. The maximum absolute atomic E-state index is 12.8. The van der Waals surface area contributed by atoms with Crippen LogP contribution in [0.2, 0.25) is 0 Å². The van der Waals surface area contributed by atoms with Crippen LogP contribution in [0.15, 0.2) is 55.0 Å². The molecule has 0 aliphatic rings. The van der Waals surface area contributed by atoms with Gasteiger partial charge in [-0.1, -0.05) is 35.6 Å². The molecule has 1 atom stereocenters. The van der Waals surface area contributed by atoms with E-state index in [1.54, 1.807) is 18.5 Å². The minimum atomic E-state index is -0.382. The highest BCUT2D eigenvalue weighted by molar-refractivity contribution is 7.19. The van der Waals surface area contributed by atoms with Crippen LogP contribution in [0.4, 0.5) is 16.0 Å². The molecule has 2 aromatic heterocycles. The summed E-state index contributed by atoms with van der Waals surface area (Å²) in [7, 11) is 7.72. The summed E-state index contributed by atoms with van der Waals surface area (Å²) >= 11 is 1.42. The lowest BCUT2D eigenvalue weighted by Crippen LogP contribution is -2.18. The van der Waals surface area contributed by atoms with Crippen LogP contribution in [0.3, 0.4) is 0 Å². The van der Waals surface area contributed by atoms with Crippen molar-refractivity contribution in [2.75, 3.05) is 50.3 Å². The lowest BCUT2D eigenvalue weighted by atomic mass is 9.97. The number of nitrogens with one attached hydrogen (secondary N) is 2. The van der Waals surface area contributed by atoms with Gasteiger partial charge in [0.25, 0.3) is 0 Å². The van der Waals surface area contributed by atoms with Gasteiger partial charge in [-0.2, -0.15) is 0 Å². The molecule has 2 heterocycles. The fraction of sp³-hybridized carbons (Fsp3) is 0.292. The number of anilines is 3. The molecule has 10 heteroatoms. The second-order valence-corrected chi connectivity index (χ2v) is 9.18. The second-order valence-electron chi connectivity index (χ2n) is 8.18. The number of aromatic nitrogens is 3. The second kappa shape index (κ2) is 11.5. The van der Waals surface area contributed by atoms with Crippen LogP contribution < -0.4 is 15.5 Å². The van der Waals surface area contributed by atoms with E-state index >= 15 is 0 Å². The molecule has 2 N–H and O–H groups in total. The van der Waals surface area contributed by atoms with Crippen molar-refractivity contribution < 1.29 is 9.59 Å². The number of rotatable bonds is 9. The van der Waals surface area contributed by atoms with Crippen LogP contribution in [0.5, 0.6) is 0 Å². The highest BCUT2D eigenvalue weighted by Crippen LogP contribution is 2.28. The predicted octanol–water partition coefficient (Wildman–Crippen LogP) is 3.46. The van der Waals surface area contributed by atoms with E-state index in [1.807, 2.05) is 69.2 Å². The van der Waals surface area contributed by atoms with E-state index in [9.17, 15) is 9.59 Å². The van der Waals surface area contributed by atoms with Gasteiger partial charge in [-0.05, 0) is 32.6 Å². The van der Waals surface area contributed by atoms with Crippen LogP contribution >= 0.6 is 11.3 Å². The molecular weight excluding hydrogens is 450 g/mol. The average Bonchev–Trinajstić information content (AvgIpc) is 3.28. The van der Waals surface area contributed by atoms with Crippen LogP contribution in [0.1, 0.15) is 18.4 Å². The summed E-state index contributed by atoms with van der Waals surface area (Å²) in [6, 6.07) is 7.62. The van der Waals surface area contributed by atoms with Gasteiger partial charge in [0, 0.05) is 32.3 Å². The van der Waals surface area contributed by atoms with Crippen molar-refractivity contribution in [1.29, 1.82) is 0 Å². The number of thiazole rings is 1. The highest BCUT2D eigenvalue weighted by atomic mass is 32.1. The number of hydrogen-bond acceptors (Lipinski definition) is 8. The molecule has 0 saturated heterocycles. The Labute approximate surface area is 203 Å². The number of likely N-dealkylation sites (N-methyl/N-ethyl adjacent to an activating group) is 1. The molecular formula is C24H29N7O2S. The maximum atomic E-state index is 12.8. The lowest BCUT2D eigenvalue weighted by molar-refractivity contribution is -0.117. The van der Waals surface area contributed by atoms with Gasteiger partial charge in [0.15, 0.2) is 10.9 Å². The van der Waals surface area contributed by atoms with E-state index in [0.717, 1.165) is 16.1 Å². The fourth-order valence-electron chi connectivity index (χ4n) is 2.94. The lowest BCUT2D eigenvalue weighted by Gasteiger charge is -2.13. The highest BCUT2D eigenvalue weighted by Gasteiger charge is 2.18. The van der Waals surface area contributed by atoms with Gasteiger partial charge in [0.2, 0.25) is 11.8 Å². The summed E-state index contributed by atoms with van der Waals surface area (Å²) in [5.74, 6) is -0.410. The minimum Gasteiger partial charge on any atom is -0.368 e. The van der Waals surface area contributed by atoms with E-state index in [0.29, 0.717) is 23.2 Å². The first-order valence-electron chi connectivity index (χ1n) is 10.7. The van der Waals surface area contributed by atoms with Gasteiger partial charge in [0.1, 0.15) is 5.00 Å². The number of nitrogens with zero attached hydrogens (tertiary/aromatic N) is 5. The Morgan fingerprint density at radius 1 is 1.06 bits per heavy atom. The third kappa shape index (κ3) is 6.93. The molecule has 178 valence electrons. The Morgan fingerprint density at radius 3 is 2.50 bits per heavy atom. The van der Waals surface area contributed by atoms with E-state index in [4.69, 9.17) is 0 Å². The zero-order valence-corrected chi connectivity index (χ0v) is 20.8. The quantitative estimate of drug-likeness (QED) is 0.453. The first-order valence-corrected chi connectivity index (χ1v) is 11.5. The van der Waals surface area contributed by atoms with Crippen molar-refractivity contribution in [2.24, 2.45) is 0 Å². The zero-order valence-electron chi connectivity index (χ0n) is 19.9. The average molecular weight is 480 g/mol. The van der Waals surface area contributed by atoms with Gasteiger partial charge < -0.3 is 20.4 Å². The Morgan fingerprint density at radius 2 is 1.85 bits per heavy atom. The fourth-order valence-corrected chi connectivity index (χ4v) is 3.69. The van der Waals surface area contributed by atoms with E-state index < -0.39 is 0 Å². The third-order valence-electron chi connectivity index (χ3n) is 4.88. The molecule has 3 aromatic rings. The molecule has 2 amide bonds. The Bertz CT molecular complexity index is 1160. The van der Waals surface area contributed by atoms with Crippen LogP contribution in [-0.4, -0.2) is 66.4 Å². The number of benzene rings is 1. The standard InChI is InChI=1S/C24H29N7O2S/c1-16(23(33)29-24-27-15-22(34-24)31(4)5)17-8-6-9-18(12-17)19-13-26-20(14-25-19)28-21(32)10-7-11-30(2)3/h6-10,12-16H,11H2,1-5H3,(H,26,28,32)(H,27,29,33)/b10-7+. The van der Waals surface area contributed by atoms with Gasteiger partial charge in [-0.25, -0.2) is 9.97 Å². The Hall–Kier alpha value is -3.63. The summed E-state index contributed by atoms with van der Waals surface area (Å²) in [6.45, 7) is 2.52.